The van der Waals surface area contributed by atoms with Gasteiger partial charge >= 0.3 is 0 Å². The van der Waals surface area contributed by atoms with Crippen LogP contribution in [0.5, 0.6) is 5.75 Å². The highest BCUT2D eigenvalue weighted by Gasteiger charge is 2.30. The quantitative estimate of drug-likeness (QED) is 0.346. The largest absolute Gasteiger partial charge is 0.488 e. The fourth-order valence-electron chi connectivity index (χ4n) is 5.52. The predicted octanol–water partition coefficient (Wildman–Crippen LogP) is 8.54. The van der Waals surface area contributed by atoms with E-state index in [1.807, 2.05) is 12.1 Å². The van der Waals surface area contributed by atoms with Gasteiger partial charge in [-0.15, -0.1) is 0 Å². The molecule has 0 atom stereocenters. The molecule has 30 heavy (non-hydrogen) atoms. The van der Waals surface area contributed by atoms with Gasteiger partial charge in [0.2, 0.25) is 0 Å². The Bertz CT molecular complexity index is 608. The van der Waals surface area contributed by atoms with Crippen LogP contribution in [0.4, 0.5) is 8.78 Å². The molecule has 2 aliphatic carbocycles. The molecule has 1 aromatic carbocycles. The normalized spacial score (nSPS) is 27.6. The monoisotopic (exact) mass is 418 g/mol. The van der Waals surface area contributed by atoms with Crippen LogP contribution in [-0.4, -0.2) is 13.0 Å². The molecular weight excluding hydrogens is 378 g/mol. The lowest BCUT2D eigenvalue weighted by atomic mass is 9.68. The summed E-state index contributed by atoms with van der Waals surface area (Å²) in [6, 6.07) is 7.44. The molecule has 0 spiro atoms. The highest BCUT2D eigenvalue weighted by molar-refractivity contribution is 5.50. The lowest BCUT2D eigenvalue weighted by Crippen LogP contribution is -2.25. The molecule has 0 N–H and O–H groups in total. The zero-order chi connectivity index (χ0) is 21.2. The summed E-state index contributed by atoms with van der Waals surface area (Å²) in [4.78, 5) is 0. The molecule has 0 aromatic heterocycles. The van der Waals surface area contributed by atoms with Crippen molar-refractivity contribution in [2.45, 2.75) is 90.4 Å². The molecule has 1 aromatic rings. The number of hydrogen-bond donors (Lipinski definition) is 0. The molecule has 0 radical (unpaired) electrons. The lowest BCUT2D eigenvalue weighted by molar-refractivity contribution is 0.0819. The Morgan fingerprint density at radius 2 is 1.53 bits per heavy atom. The van der Waals surface area contributed by atoms with Crippen molar-refractivity contribution in [3.63, 3.8) is 0 Å². The number of rotatable bonds is 10. The Hall–Kier alpha value is -1.38. The summed E-state index contributed by atoms with van der Waals surface area (Å²) in [7, 11) is 0. The molecule has 0 bridgehead atoms. The highest BCUT2D eigenvalue weighted by atomic mass is 19.3. The summed E-state index contributed by atoms with van der Waals surface area (Å²) >= 11 is 0. The third-order valence-electron chi connectivity index (χ3n) is 7.41. The van der Waals surface area contributed by atoms with Gasteiger partial charge in [0.25, 0.3) is 6.43 Å². The van der Waals surface area contributed by atoms with Gasteiger partial charge in [0, 0.05) is 0 Å². The van der Waals surface area contributed by atoms with Gasteiger partial charge in [0.15, 0.2) is 0 Å². The van der Waals surface area contributed by atoms with Crippen LogP contribution in [0.1, 0.15) is 89.5 Å². The summed E-state index contributed by atoms with van der Waals surface area (Å²) in [5.41, 5.74) is 1.11. The first-order chi connectivity index (χ1) is 14.6. The number of halogens is 2. The van der Waals surface area contributed by atoms with Crippen LogP contribution in [0.3, 0.4) is 0 Å². The molecule has 168 valence electrons. The number of hydrogen-bond acceptors (Lipinski definition) is 1. The molecule has 0 aliphatic heterocycles. The number of alkyl halides is 2. The van der Waals surface area contributed by atoms with Crippen LogP contribution in [-0.2, 0) is 0 Å². The zero-order valence-electron chi connectivity index (χ0n) is 18.7. The average Bonchev–Trinajstić information content (AvgIpc) is 2.78. The summed E-state index contributed by atoms with van der Waals surface area (Å²) < 4.78 is 29.5. The Morgan fingerprint density at radius 1 is 0.900 bits per heavy atom. The third kappa shape index (κ3) is 7.71. The van der Waals surface area contributed by atoms with Gasteiger partial charge in [0.1, 0.15) is 12.4 Å². The summed E-state index contributed by atoms with van der Waals surface area (Å²) in [6.07, 6.45) is 19.1. The van der Waals surface area contributed by atoms with Crippen molar-refractivity contribution in [2.24, 2.45) is 23.7 Å². The van der Waals surface area contributed by atoms with Crippen LogP contribution >= 0.6 is 0 Å². The van der Waals surface area contributed by atoms with E-state index in [1.165, 1.54) is 77.0 Å². The van der Waals surface area contributed by atoms with Gasteiger partial charge in [-0.05, 0) is 79.9 Å². The number of unbranched alkanes of at least 4 members (excludes halogenated alkanes) is 2. The van der Waals surface area contributed by atoms with E-state index < -0.39 is 13.0 Å². The third-order valence-corrected chi connectivity index (χ3v) is 7.41. The van der Waals surface area contributed by atoms with Gasteiger partial charge in [0.05, 0.1) is 0 Å². The van der Waals surface area contributed by atoms with Gasteiger partial charge in [-0.1, -0.05) is 69.7 Å². The molecule has 2 saturated carbocycles. The molecule has 0 saturated heterocycles. The van der Waals surface area contributed by atoms with E-state index in [-0.39, 0.29) is 0 Å². The Morgan fingerprint density at radius 3 is 2.13 bits per heavy atom. The van der Waals surface area contributed by atoms with Crippen molar-refractivity contribution in [3.05, 3.63) is 35.9 Å². The molecular formula is C27H40F2O. The van der Waals surface area contributed by atoms with Gasteiger partial charge in [-0.2, -0.15) is 0 Å². The molecule has 2 aliphatic rings. The number of ether oxygens (including phenoxy) is 1. The molecule has 2 fully saturated rings. The van der Waals surface area contributed by atoms with E-state index in [4.69, 9.17) is 4.74 Å². The fourth-order valence-corrected chi connectivity index (χ4v) is 5.52. The SMILES string of the molecule is CCCCCC1CCC(C2CCC(C=Cc3ccc(OCC(F)F)cc3)CC2)CC1. The molecule has 3 heteroatoms. The topological polar surface area (TPSA) is 9.23 Å². The van der Waals surface area contributed by atoms with Crippen molar-refractivity contribution in [1.29, 1.82) is 0 Å². The van der Waals surface area contributed by atoms with Crippen molar-refractivity contribution in [1.82, 2.24) is 0 Å². The van der Waals surface area contributed by atoms with Crippen LogP contribution in [0.15, 0.2) is 30.3 Å². The maximum absolute atomic E-state index is 12.2. The minimum absolute atomic E-state index is 0.507. The van der Waals surface area contributed by atoms with Gasteiger partial charge in [-0.3, -0.25) is 0 Å². The van der Waals surface area contributed by atoms with E-state index in [9.17, 15) is 8.78 Å². The van der Waals surface area contributed by atoms with Crippen LogP contribution in [0.2, 0.25) is 0 Å². The van der Waals surface area contributed by atoms with Crippen molar-refractivity contribution in [3.8, 4) is 5.75 Å². The van der Waals surface area contributed by atoms with Crippen LogP contribution in [0.25, 0.3) is 6.08 Å². The van der Waals surface area contributed by atoms with Crippen molar-refractivity contribution >= 4 is 6.08 Å². The molecule has 0 amide bonds. The van der Waals surface area contributed by atoms with E-state index in [2.05, 4.69) is 19.1 Å². The Kier molecular flexibility index (Phi) is 9.68. The number of benzene rings is 1. The van der Waals surface area contributed by atoms with E-state index in [0.29, 0.717) is 11.7 Å². The van der Waals surface area contributed by atoms with E-state index in [1.54, 1.807) is 12.1 Å². The fraction of sp³-hybridized carbons (Fsp3) is 0.704. The lowest BCUT2D eigenvalue weighted by Gasteiger charge is -2.37. The Labute approximate surface area is 182 Å². The van der Waals surface area contributed by atoms with Gasteiger partial charge < -0.3 is 4.74 Å². The highest BCUT2D eigenvalue weighted by Crippen LogP contribution is 2.42. The summed E-state index contributed by atoms with van der Waals surface area (Å²) in [5.74, 6) is 4.14. The Balaban J connectivity index is 1.35. The zero-order valence-corrected chi connectivity index (χ0v) is 18.7. The van der Waals surface area contributed by atoms with Crippen molar-refractivity contribution in [2.75, 3.05) is 6.61 Å². The maximum Gasteiger partial charge on any atom is 0.272 e. The minimum Gasteiger partial charge on any atom is -0.488 e. The smallest absolute Gasteiger partial charge is 0.272 e. The second kappa shape index (κ2) is 12.5. The predicted molar refractivity (Wildman–Crippen MR) is 122 cm³/mol. The summed E-state index contributed by atoms with van der Waals surface area (Å²) in [5, 5.41) is 0. The number of allylic oxidation sites excluding steroid dienone is 1. The second-order valence-corrected chi connectivity index (χ2v) is 9.58. The van der Waals surface area contributed by atoms with E-state index in [0.717, 1.165) is 23.3 Å². The molecule has 0 heterocycles. The second-order valence-electron chi connectivity index (χ2n) is 9.58. The van der Waals surface area contributed by atoms with Crippen LogP contribution < -0.4 is 4.74 Å². The van der Waals surface area contributed by atoms with Gasteiger partial charge in [-0.25, -0.2) is 8.78 Å². The van der Waals surface area contributed by atoms with E-state index >= 15 is 0 Å². The molecule has 0 unspecified atom stereocenters. The van der Waals surface area contributed by atoms with Crippen LogP contribution in [0, 0.1) is 23.7 Å². The minimum atomic E-state index is -2.43. The first-order valence-electron chi connectivity index (χ1n) is 12.3. The average molecular weight is 419 g/mol. The standard InChI is InChI=1S/C27H40F2O/c1-2-3-4-5-21-8-14-24(15-9-21)25-16-10-22(11-17-25)6-7-23-12-18-26(19-13-23)30-20-27(28)29/h6-7,12-13,18-19,21-22,24-25,27H,2-5,8-11,14-17,20H2,1H3. The summed E-state index contributed by atoms with van der Waals surface area (Å²) in [6.45, 7) is 1.76. The first-order valence-corrected chi connectivity index (χ1v) is 12.3. The molecule has 1 nitrogen and oxygen atoms in total. The van der Waals surface area contributed by atoms with Crippen molar-refractivity contribution < 1.29 is 13.5 Å². The first kappa shape index (κ1) is 23.3. The maximum atomic E-state index is 12.2. The molecule has 3 rings (SSSR count).